The smallest absolute Gasteiger partial charge is 0.240 e. The summed E-state index contributed by atoms with van der Waals surface area (Å²) in [5, 5.41) is 0. The molecule has 0 aliphatic carbocycles. The number of hydrogen-bond donors (Lipinski definition) is 1. The molecule has 32 heavy (non-hydrogen) atoms. The van der Waals surface area contributed by atoms with Gasteiger partial charge < -0.3 is 4.90 Å². The monoisotopic (exact) mass is 453 g/mol. The van der Waals surface area contributed by atoms with Gasteiger partial charge in [-0.3, -0.25) is 4.90 Å². The first-order chi connectivity index (χ1) is 15.4. The van der Waals surface area contributed by atoms with Crippen molar-refractivity contribution in [2.75, 3.05) is 37.6 Å². The Morgan fingerprint density at radius 2 is 1.50 bits per heavy atom. The largest absolute Gasteiger partial charge is 0.369 e. The first-order valence-electron chi connectivity index (χ1n) is 10.8. The van der Waals surface area contributed by atoms with Gasteiger partial charge in [0.15, 0.2) is 0 Å². The van der Waals surface area contributed by atoms with Gasteiger partial charge >= 0.3 is 0 Å². The number of sulfonamides is 1. The number of halogens is 1. The molecule has 0 saturated carbocycles. The summed E-state index contributed by atoms with van der Waals surface area (Å²) in [7, 11) is -3.60. The molecule has 1 heterocycles. The Bertz CT molecular complexity index is 1110. The van der Waals surface area contributed by atoms with Crippen molar-refractivity contribution in [3.8, 4) is 0 Å². The van der Waals surface area contributed by atoms with Crippen molar-refractivity contribution < 1.29 is 12.8 Å². The second-order valence-corrected chi connectivity index (χ2v) is 9.86. The molecule has 7 heteroatoms. The lowest BCUT2D eigenvalue weighted by atomic mass is 10.0. The van der Waals surface area contributed by atoms with Crippen LogP contribution in [0.1, 0.15) is 17.2 Å². The van der Waals surface area contributed by atoms with Crippen LogP contribution in [-0.2, 0) is 10.0 Å². The van der Waals surface area contributed by atoms with E-state index in [0.717, 1.165) is 43.0 Å². The van der Waals surface area contributed by atoms with Crippen LogP contribution in [0.15, 0.2) is 83.8 Å². The summed E-state index contributed by atoms with van der Waals surface area (Å²) < 4.78 is 41.8. The van der Waals surface area contributed by atoms with Crippen LogP contribution < -0.4 is 9.62 Å². The van der Waals surface area contributed by atoms with Gasteiger partial charge in [0.1, 0.15) is 5.82 Å². The molecule has 168 valence electrons. The predicted molar refractivity (Wildman–Crippen MR) is 126 cm³/mol. The Kier molecular flexibility index (Phi) is 6.89. The maximum atomic E-state index is 13.3. The van der Waals surface area contributed by atoms with Gasteiger partial charge in [-0.05, 0) is 48.9 Å². The Morgan fingerprint density at radius 1 is 0.875 bits per heavy atom. The maximum absolute atomic E-state index is 13.3. The van der Waals surface area contributed by atoms with E-state index in [2.05, 4.69) is 14.5 Å². The van der Waals surface area contributed by atoms with E-state index >= 15 is 0 Å². The van der Waals surface area contributed by atoms with Gasteiger partial charge in [0.25, 0.3) is 0 Å². The van der Waals surface area contributed by atoms with Gasteiger partial charge in [0, 0.05) is 44.5 Å². The third-order valence-electron chi connectivity index (χ3n) is 5.93. The summed E-state index contributed by atoms with van der Waals surface area (Å²) in [6, 6.07) is 23.4. The van der Waals surface area contributed by atoms with Crippen molar-refractivity contribution in [2.24, 2.45) is 0 Å². The normalized spacial score (nSPS) is 16.1. The van der Waals surface area contributed by atoms with Gasteiger partial charge in [-0.2, -0.15) is 0 Å². The first kappa shape index (κ1) is 22.5. The molecule has 4 rings (SSSR count). The fraction of sp³-hybridized carbons (Fsp3) is 0.280. The molecule has 0 bridgehead atoms. The van der Waals surface area contributed by atoms with Gasteiger partial charge in [-0.25, -0.2) is 17.5 Å². The van der Waals surface area contributed by atoms with E-state index in [1.54, 1.807) is 36.4 Å². The van der Waals surface area contributed by atoms with Crippen molar-refractivity contribution in [3.63, 3.8) is 0 Å². The molecular weight excluding hydrogens is 425 g/mol. The summed E-state index contributed by atoms with van der Waals surface area (Å²) in [6.07, 6.45) is 0. The Balaban J connectivity index is 1.47. The number of nitrogens with zero attached hydrogens (tertiary/aromatic N) is 2. The van der Waals surface area contributed by atoms with Crippen molar-refractivity contribution in [1.82, 2.24) is 9.62 Å². The molecule has 0 spiro atoms. The van der Waals surface area contributed by atoms with Crippen LogP contribution in [0.2, 0.25) is 0 Å². The SMILES string of the molecule is Cc1ccc(S(=O)(=O)NC[C@@H](c2ccccc2)N2CCN(c3ccc(F)cc3)CC2)cc1. The van der Waals surface area contributed by atoms with Crippen LogP contribution in [0.4, 0.5) is 10.1 Å². The summed E-state index contributed by atoms with van der Waals surface area (Å²) >= 11 is 0. The van der Waals surface area contributed by atoms with E-state index < -0.39 is 10.0 Å². The Labute approximate surface area is 189 Å². The zero-order valence-electron chi connectivity index (χ0n) is 18.1. The number of benzene rings is 3. The molecule has 1 aliphatic heterocycles. The fourth-order valence-electron chi connectivity index (χ4n) is 4.07. The molecule has 0 amide bonds. The first-order valence-corrected chi connectivity index (χ1v) is 12.3. The Morgan fingerprint density at radius 3 is 2.12 bits per heavy atom. The van der Waals surface area contributed by atoms with E-state index in [4.69, 9.17) is 0 Å². The number of aryl methyl sites for hydroxylation is 1. The van der Waals surface area contributed by atoms with Crippen LogP contribution in [0, 0.1) is 12.7 Å². The van der Waals surface area contributed by atoms with Crippen LogP contribution >= 0.6 is 0 Å². The summed E-state index contributed by atoms with van der Waals surface area (Å²) in [5.74, 6) is -0.239. The molecule has 1 atom stereocenters. The third kappa shape index (κ3) is 5.35. The molecular formula is C25H28FN3O2S. The highest BCUT2D eigenvalue weighted by Crippen LogP contribution is 2.25. The minimum Gasteiger partial charge on any atom is -0.369 e. The van der Waals surface area contributed by atoms with Crippen LogP contribution in [0.3, 0.4) is 0 Å². The zero-order valence-corrected chi connectivity index (χ0v) is 18.9. The summed E-state index contributed by atoms with van der Waals surface area (Å²) in [6.45, 7) is 5.36. The maximum Gasteiger partial charge on any atom is 0.240 e. The average Bonchev–Trinajstić information content (AvgIpc) is 2.81. The standard InChI is InChI=1S/C25H28FN3O2S/c1-20-7-13-24(14-8-20)32(30,31)27-19-25(21-5-3-2-4-6-21)29-17-15-28(16-18-29)23-11-9-22(26)10-12-23/h2-14,25,27H,15-19H2,1H3/t25-/m0/s1. The van der Waals surface area contributed by atoms with E-state index in [-0.39, 0.29) is 23.3 Å². The number of rotatable bonds is 7. The highest BCUT2D eigenvalue weighted by Gasteiger charge is 2.27. The topological polar surface area (TPSA) is 52.7 Å². The van der Waals surface area contributed by atoms with Gasteiger partial charge in [0.2, 0.25) is 10.0 Å². The van der Waals surface area contributed by atoms with Crippen LogP contribution in [0.25, 0.3) is 0 Å². The minimum atomic E-state index is -3.60. The molecule has 0 radical (unpaired) electrons. The molecule has 3 aromatic carbocycles. The zero-order chi connectivity index (χ0) is 22.6. The number of hydrogen-bond acceptors (Lipinski definition) is 4. The molecule has 5 nitrogen and oxygen atoms in total. The lowest BCUT2D eigenvalue weighted by Gasteiger charge is -2.40. The van der Waals surface area contributed by atoms with Gasteiger partial charge in [0.05, 0.1) is 4.90 Å². The van der Waals surface area contributed by atoms with Crippen molar-refractivity contribution >= 4 is 15.7 Å². The van der Waals surface area contributed by atoms with E-state index in [9.17, 15) is 12.8 Å². The molecule has 3 aromatic rings. The summed E-state index contributed by atoms with van der Waals surface area (Å²) in [4.78, 5) is 4.82. The second kappa shape index (κ2) is 9.81. The van der Waals surface area contributed by atoms with Crippen molar-refractivity contribution in [3.05, 3.63) is 95.8 Å². The number of piperazine rings is 1. The van der Waals surface area contributed by atoms with E-state index in [0.29, 0.717) is 0 Å². The highest BCUT2D eigenvalue weighted by molar-refractivity contribution is 7.89. The summed E-state index contributed by atoms with van der Waals surface area (Å²) in [5.41, 5.74) is 3.10. The van der Waals surface area contributed by atoms with E-state index in [1.165, 1.54) is 12.1 Å². The third-order valence-corrected chi connectivity index (χ3v) is 7.37. The lowest BCUT2D eigenvalue weighted by molar-refractivity contribution is 0.187. The molecule has 1 N–H and O–H groups in total. The quantitative estimate of drug-likeness (QED) is 0.588. The lowest BCUT2D eigenvalue weighted by Crippen LogP contribution is -2.49. The number of nitrogens with one attached hydrogen (secondary N) is 1. The molecule has 1 aliphatic rings. The highest BCUT2D eigenvalue weighted by atomic mass is 32.2. The fourth-order valence-corrected chi connectivity index (χ4v) is 5.10. The minimum absolute atomic E-state index is 0.0770. The second-order valence-electron chi connectivity index (χ2n) is 8.09. The van der Waals surface area contributed by atoms with Crippen LogP contribution in [-0.4, -0.2) is 46.0 Å². The molecule has 0 unspecified atom stereocenters. The van der Waals surface area contributed by atoms with Crippen molar-refractivity contribution in [1.29, 1.82) is 0 Å². The van der Waals surface area contributed by atoms with Gasteiger partial charge in [-0.1, -0.05) is 48.0 Å². The van der Waals surface area contributed by atoms with E-state index in [1.807, 2.05) is 37.3 Å². The molecule has 1 saturated heterocycles. The molecule has 0 aromatic heterocycles. The average molecular weight is 454 g/mol. The van der Waals surface area contributed by atoms with Gasteiger partial charge in [-0.15, -0.1) is 0 Å². The van der Waals surface area contributed by atoms with Crippen LogP contribution in [0.5, 0.6) is 0 Å². The number of anilines is 1. The Hall–Kier alpha value is -2.74. The predicted octanol–water partition coefficient (Wildman–Crippen LogP) is 3.98. The molecule has 1 fully saturated rings. The van der Waals surface area contributed by atoms with Crippen molar-refractivity contribution in [2.45, 2.75) is 17.9 Å².